The molecule has 0 spiro atoms. The number of fused-ring (bicyclic) bond motifs is 2. The van der Waals surface area contributed by atoms with Gasteiger partial charge in [-0.05, 0) is 30.7 Å². The Labute approximate surface area is 143 Å². The minimum atomic E-state index is -1.07. The summed E-state index contributed by atoms with van der Waals surface area (Å²) in [6.07, 6.45) is 1.71. The van der Waals surface area contributed by atoms with Crippen molar-refractivity contribution in [2.45, 2.75) is 6.92 Å². The summed E-state index contributed by atoms with van der Waals surface area (Å²) >= 11 is 6.19. The third-order valence-electron chi connectivity index (χ3n) is 5.18. The maximum absolute atomic E-state index is 12.1. The lowest BCUT2D eigenvalue weighted by molar-refractivity contribution is -0.149. The Morgan fingerprint density at radius 1 is 1.50 bits per heavy atom. The number of carboxylic acids is 1. The molecule has 0 saturated carbocycles. The van der Waals surface area contributed by atoms with Crippen LogP contribution in [0.25, 0.3) is 10.9 Å². The van der Waals surface area contributed by atoms with Crippen molar-refractivity contribution in [1.29, 1.82) is 0 Å². The maximum atomic E-state index is 12.1. The molecule has 24 heavy (non-hydrogen) atoms. The summed E-state index contributed by atoms with van der Waals surface area (Å²) in [6.45, 7) is 2.78. The molecule has 1 aromatic heterocycles. The molecule has 2 aliphatic heterocycles. The molecule has 2 aliphatic rings. The Morgan fingerprint density at radius 2 is 2.29 bits per heavy atom. The van der Waals surface area contributed by atoms with Gasteiger partial charge < -0.3 is 15.3 Å². The van der Waals surface area contributed by atoms with Crippen molar-refractivity contribution in [2.75, 3.05) is 24.5 Å². The monoisotopic (exact) mass is 345 g/mol. The molecule has 0 aliphatic carbocycles. The molecule has 2 saturated heterocycles. The van der Waals surface area contributed by atoms with Crippen molar-refractivity contribution in [3.05, 3.63) is 35.0 Å². The number of aliphatic carboxylic acids is 1. The number of nitrogens with one attached hydrogen (secondary N) is 1. The molecule has 4 rings (SSSR count). The molecule has 0 bridgehead atoms. The number of benzene rings is 1. The zero-order chi connectivity index (χ0) is 17.1. The number of anilines is 1. The van der Waals surface area contributed by atoms with Crippen molar-refractivity contribution >= 4 is 40.1 Å². The average Bonchev–Trinajstić information content (AvgIpc) is 3.06. The summed E-state index contributed by atoms with van der Waals surface area (Å²) in [6, 6.07) is 5.55. The quantitative estimate of drug-likeness (QED) is 0.867. The lowest BCUT2D eigenvalue weighted by Gasteiger charge is -2.24. The Kier molecular flexibility index (Phi) is 3.22. The highest BCUT2D eigenvalue weighted by Crippen LogP contribution is 2.43. The van der Waals surface area contributed by atoms with Crippen molar-refractivity contribution in [3.8, 4) is 0 Å². The molecule has 124 valence electrons. The molecule has 2 aromatic rings. The summed E-state index contributed by atoms with van der Waals surface area (Å²) in [5.74, 6) is -1.66. The van der Waals surface area contributed by atoms with Crippen molar-refractivity contribution in [2.24, 2.45) is 11.3 Å². The van der Waals surface area contributed by atoms with E-state index in [0.29, 0.717) is 11.6 Å². The van der Waals surface area contributed by atoms with E-state index >= 15 is 0 Å². The number of hydrogen-bond acceptors (Lipinski definition) is 4. The molecule has 2 N–H and O–H groups in total. The van der Waals surface area contributed by atoms with Crippen LogP contribution in [0.15, 0.2) is 24.4 Å². The lowest BCUT2D eigenvalue weighted by Crippen LogP contribution is -2.40. The smallest absolute Gasteiger partial charge is 0.314 e. The first-order valence-corrected chi connectivity index (χ1v) is 8.11. The second-order valence-electron chi connectivity index (χ2n) is 6.56. The molecule has 0 radical (unpaired) electrons. The van der Waals surface area contributed by atoms with Crippen LogP contribution in [-0.2, 0) is 9.59 Å². The Morgan fingerprint density at radius 3 is 3.00 bits per heavy atom. The van der Waals surface area contributed by atoms with Gasteiger partial charge in [0.15, 0.2) is 0 Å². The van der Waals surface area contributed by atoms with E-state index in [0.717, 1.165) is 22.2 Å². The Hall–Kier alpha value is -2.34. The molecule has 1 amide bonds. The number of carbonyl (C=O) groups excluding carboxylic acids is 1. The van der Waals surface area contributed by atoms with Crippen LogP contribution in [0.4, 0.5) is 5.69 Å². The van der Waals surface area contributed by atoms with Gasteiger partial charge in [0.2, 0.25) is 5.91 Å². The van der Waals surface area contributed by atoms with Crippen LogP contribution in [0.1, 0.15) is 5.56 Å². The normalized spacial score (nSPS) is 25.8. The number of carboxylic acid groups (broad SMARTS) is 1. The summed E-state index contributed by atoms with van der Waals surface area (Å²) in [4.78, 5) is 30.3. The highest BCUT2D eigenvalue weighted by atomic mass is 35.5. The molecule has 6 nitrogen and oxygen atoms in total. The van der Waals surface area contributed by atoms with Gasteiger partial charge in [-0.3, -0.25) is 14.6 Å². The fourth-order valence-electron chi connectivity index (χ4n) is 3.92. The van der Waals surface area contributed by atoms with Gasteiger partial charge >= 0.3 is 5.97 Å². The topological polar surface area (TPSA) is 82.5 Å². The Balaban J connectivity index is 1.83. The molecular formula is C17H16ClN3O3. The number of pyridine rings is 1. The molecule has 3 heterocycles. The summed E-state index contributed by atoms with van der Waals surface area (Å²) < 4.78 is 0. The van der Waals surface area contributed by atoms with Crippen molar-refractivity contribution in [3.63, 3.8) is 0 Å². The first-order chi connectivity index (χ1) is 11.4. The number of halogens is 1. The highest BCUT2D eigenvalue weighted by Gasteiger charge is 2.59. The molecule has 0 unspecified atom stereocenters. The third-order valence-corrected chi connectivity index (χ3v) is 5.40. The van der Waals surface area contributed by atoms with E-state index in [2.05, 4.69) is 10.3 Å². The number of nitrogens with zero attached hydrogens (tertiary/aromatic N) is 2. The number of carbonyl (C=O) groups is 2. The van der Waals surface area contributed by atoms with Crippen LogP contribution in [-0.4, -0.2) is 41.6 Å². The first-order valence-electron chi connectivity index (χ1n) is 7.73. The predicted molar refractivity (Wildman–Crippen MR) is 90.3 cm³/mol. The van der Waals surface area contributed by atoms with Crippen LogP contribution in [0.2, 0.25) is 5.02 Å². The molecule has 7 heteroatoms. The SMILES string of the molecule is Cc1cc(Cl)cc2c(N3C[C@@H]4C(=O)NC[C@]4(C(=O)O)C3)ccnc12. The Bertz CT molecular complexity index is 885. The molecule has 1 aromatic carbocycles. The van der Waals surface area contributed by atoms with E-state index in [1.807, 2.05) is 30.0 Å². The second-order valence-corrected chi connectivity index (χ2v) is 7.00. The van der Waals surface area contributed by atoms with Gasteiger partial charge in [0.1, 0.15) is 5.41 Å². The van der Waals surface area contributed by atoms with Gasteiger partial charge in [-0.1, -0.05) is 11.6 Å². The van der Waals surface area contributed by atoms with Gasteiger partial charge in [-0.25, -0.2) is 0 Å². The second kappa shape index (κ2) is 5.08. The summed E-state index contributed by atoms with van der Waals surface area (Å²) in [5, 5.41) is 13.9. The van der Waals surface area contributed by atoms with Crippen LogP contribution in [0.3, 0.4) is 0 Å². The third kappa shape index (κ3) is 1.99. The van der Waals surface area contributed by atoms with E-state index in [4.69, 9.17) is 11.6 Å². The van der Waals surface area contributed by atoms with Crippen LogP contribution in [0, 0.1) is 18.3 Å². The van der Waals surface area contributed by atoms with Crippen LogP contribution >= 0.6 is 11.6 Å². The van der Waals surface area contributed by atoms with Crippen LogP contribution < -0.4 is 10.2 Å². The van der Waals surface area contributed by atoms with Gasteiger partial charge in [0.05, 0.1) is 11.4 Å². The molecular weight excluding hydrogens is 330 g/mol. The molecule has 2 atom stereocenters. The summed E-state index contributed by atoms with van der Waals surface area (Å²) in [5.41, 5.74) is 1.60. The fraction of sp³-hybridized carbons (Fsp3) is 0.353. The number of hydrogen-bond donors (Lipinski definition) is 2. The highest BCUT2D eigenvalue weighted by molar-refractivity contribution is 6.31. The minimum Gasteiger partial charge on any atom is -0.481 e. The van der Waals surface area contributed by atoms with E-state index in [9.17, 15) is 14.7 Å². The zero-order valence-electron chi connectivity index (χ0n) is 13.0. The van der Waals surface area contributed by atoms with Gasteiger partial charge in [-0.15, -0.1) is 0 Å². The standard InChI is InChI=1S/C17H16ClN3O3/c1-9-4-10(18)5-11-13(2-3-19-14(9)11)21-6-12-15(22)20-7-17(12,8-21)16(23)24/h2-5,12H,6-8H2,1H3,(H,20,22)(H,23,24)/t12-,17+/m1/s1. The van der Waals surface area contributed by atoms with E-state index in [1.54, 1.807) is 6.20 Å². The number of aromatic nitrogens is 1. The predicted octanol–water partition coefficient (Wildman–Crippen LogP) is 1.83. The van der Waals surface area contributed by atoms with Gasteiger partial charge in [0.25, 0.3) is 0 Å². The number of aryl methyl sites for hydroxylation is 1. The van der Waals surface area contributed by atoms with Crippen LogP contribution in [0.5, 0.6) is 0 Å². The van der Waals surface area contributed by atoms with E-state index in [1.165, 1.54) is 0 Å². The minimum absolute atomic E-state index is 0.172. The summed E-state index contributed by atoms with van der Waals surface area (Å²) in [7, 11) is 0. The van der Waals surface area contributed by atoms with Gasteiger partial charge in [0, 0.05) is 41.9 Å². The fourth-order valence-corrected chi connectivity index (χ4v) is 4.19. The van der Waals surface area contributed by atoms with Gasteiger partial charge in [-0.2, -0.15) is 0 Å². The first kappa shape index (κ1) is 15.2. The molecule has 2 fully saturated rings. The number of amides is 1. The van der Waals surface area contributed by atoms with Crippen molar-refractivity contribution < 1.29 is 14.7 Å². The van der Waals surface area contributed by atoms with Crippen molar-refractivity contribution in [1.82, 2.24) is 10.3 Å². The van der Waals surface area contributed by atoms with E-state index in [-0.39, 0.29) is 19.0 Å². The zero-order valence-corrected chi connectivity index (χ0v) is 13.8. The number of rotatable bonds is 2. The lowest BCUT2D eigenvalue weighted by atomic mass is 9.81. The van der Waals surface area contributed by atoms with E-state index < -0.39 is 17.3 Å². The maximum Gasteiger partial charge on any atom is 0.314 e. The largest absolute Gasteiger partial charge is 0.481 e. The average molecular weight is 346 g/mol.